The maximum absolute atomic E-state index is 14.6. The SMILES string of the molecule is CC(C)CC(C)Nc1cc(-n2cccn2)nc(Cl)c1-c1c(F)cccc1Cl. The molecule has 3 rings (SSSR count). The summed E-state index contributed by atoms with van der Waals surface area (Å²) in [7, 11) is 0. The minimum absolute atomic E-state index is 0.151. The van der Waals surface area contributed by atoms with E-state index >= 15 is 0 Å². The molecule has 27 heavy (non-hydrogen) atoms. The van der Waals surface area contributed by atoms with Crippen LogP contribution in [-0.4, -0.2) is 20.8 Å². The molecule has 1 aromatic carbocycles. The molecule has 0 saturated heterocycles. The minimum Gasteiger partial charge on any atom is -0.382 e. The summed E-state index contributed by atoms with van der Waals surface area (Å²) in [6, 6.07) is 8.33. The van der Waals surface area contributed by atoms with Crippen LogP contribution < -0.4 is 5.32 Å². The van der Waals surface area contributed by atoms with E-state index in [-0.39, 0.29) is 21.8 Å². The highest BCUT2D eigenvalue weighted by Crippen LogP contribution is 2.40. The number of pyridine rings is 1. The van der Waals surface area contributed by atoms with Crippen molar-refractivity contribution in [2.24, 2.45) is 5.92 Å². The molecule has 1 atom stereocenters. The average Bonchev–Trinajstić information content (AvgIpc) is 3.10. The van der Waals surface area contributed by atoms with Crippen molar-refractivity contribution in [1.29, 1.82) is 0 Å². The molecule has 0 saturated carbocycles. The maximum atomic E-state index is 14.6. The van der Waals surface area contributed by atoms with Crippen LogP contribution in [0.25, 0.3) is 16.9 Å². The molecule has 1 unspecified atom stereocenters. The second-order valence-corrected chi connectivity index (χ2v) is 7.68. The van der Waals surface area contributed by atoms with Gasteiger partial charge < -0.3 is 5.32 Å². The van der Waals surface area contributed by atoms with Crippen molar-refractivity contribution in [2.45, 2.75) is 33.2 Å². The van der Waals surface area contributed by atoms with Gasteiger partial charge in [0, 0.05) is 41.3 Å². The average molecular weight is 407 g/mol. The zero-order valence-corrected chi connectivity index (χ0v) is 16.9. The highest BCUT2D eigenvalue weighted by atomic mass is 35.5. The van der Waals surface area contributed by atoms with Crippen molar-refractivity contribution < 1.29 is 4.39 Å². The molecule has 142 valence electrons. The van der Waals surface area contributed by atoms with Crippen LogP contribution in [0.2, 0.25) is 10.2 Å². The highest BCUT2D eigenvalue weighted by Gasteiger charge is 2.21. The first-order valence-electron chi connectivity index (χ1n) is 8.78. The van der Waals surface area contributed by atoms with Crippen LogP contribution >= 0.6 is 23.2 Å². The number of nitrogens with zero attached hydrogens (tertiary/aromatic N) is 3. The molecule has 0 bridgehead atoms. The van der Waals surface area contributed by atoms with Crippen molar-refractivity contribution in [3.05, 3.63) is 58.7 Å². The fraction of sp³-hybridized carbons (Fsp3) is 0.300. The number of anilines is 1. The fourth-order valence-electron chi connectivity index (χ4n) is 3.14. The van der Waals surface area contributed by atoms with Gasteiger partial charge in [-0.25, -0.2) is 14.1 Å². The smallest absolute Gasteiger partial charge is 0.157 e. The molecular formula is C20H21Cl2FN4. The van der Waals surface area contributed by atoms with Gasteiger partial charge >= 0.3 is 0 Å². The predicted octanol–water partition coefficient (Wildman–Crippen LogP) is 6.23. The number of benzene rings is 1. The third kappa shape index (κ3) is 4.42. The van der Waals surface area contributed by atoms with E-state index in [4.69, 9.17) is 23.2 Å². The summed E-state index contributed by atoms with van der Waals surface area (Å²) in [5, 5.41) is 8.09. The monoisotopic (exact) mass is 406 g/mol. The van der Waals surface area contributed by atoms with Gasteiger partial charge in [-0.2, -0.15) is 5.10 Å². The van der Waals surface area contributed by atoms with Gasteiger partial charge in [0.2, 0.25) is 0 Å². The lowest BCUT2D eigenvalue weighted by Crippen LogP contribution is -2.18. The second kappa shape index (κ2) is 8.28. The summed E-state index contributed by atoms with van der Waals surface area (Å²) in [6.07, 6.45) is 4.38. The van der Waals surface area contributed by atoms with Crippen molar-refractivity contribution in [2.75, 3.05) is 5.32 Å². The van der Waals surface area contributed by atoms with Crippen molar-refractivity contribution in [3.8, 4) is 16.9 Å². The molecule has 0 aliphatic carbocycles. The lowest BCUT2D eigenvalue weighted by Gasteiger charge is -2.22. The topological polar surface area (TPSA) is 42.7 Å². The Labute approximate surface area is 168 Å². The second-order valence-electron chi connectivity index (χ2n) is 6.92. The van der Waals surface area contributed by atoms with Crippen molar-refractivity contribution >= 4 is 28.9 Å². The Balaban J connectivity index is 2.16. The molecule has 7 heteroatoms. The standard InChI is InChI=1S/C20H21Cl2FN4/c1-12(2)10-13(3)25-16-11-17(27-9-5-8-24-27)26-20(22)19(16)18-14(21)6-4-7-15(18)23/h4-9,11-13H,10H2,1-3H3,(H,25,26). The molecule has 4 nitrogen and oxygen atoms in total. The third-order valence-corrected chi connectivity index (χ3v) is 4.73. The number of hydrogen-bond acceptors (Lipinski definition) is 3. The highest BCUT2D eigenvalue weighted by molar-refractivity contribution is 6.36. The summed E-state index contributed by atoms with van der Waals surface area (Å²) in [5.41, 5.74) is 1.36. The molecule has 0 spiro atoms. The number of rotatable bonds is 6. The largest absolute Gasteiger partial charge is 0.382 e. The molecule has 3 aromatic rings. The van der Waals surface area contributed by atoms with Gasteiger partial charge in [0.25, 0.3) is 0 Å². The van der Waals surface area contributed by atoms with Crippen LogP contribution in [0.3, 0.4) is 0 Å². The van der Waals surface area contributed by atoms with E-state index in [1.54, 1.807) is 35.3 Å². The molecule has 2 aromatic heterocycles. The summed E-state index contributed by atoms with van der Waals surface area (Å²) in [5.74, 6) is 0.606. The Morgan fingerprint density at radius 3 is 2.56 bits per heavy atom. The van der Waals surface area contributed by atoms with Crippen LogP contribution in [-0.2, 0) is 0 Å². The van der Waals surface area contributed by atoms with Crippen LogP contribution in [0.4, 0.5) is 10.1 Å². The Hall–Kier alpha value is -2.11. The summed E-state index contributed by atoms with van der Waals surface area (Å²) >= 11 is 12.8. The predicted molar refractivity (Wildman–Crippen MR) is 109 cm³/mol. The number of aromatic nitrogens is 3. The number of nitrogens with one attached hydrogen (secondary N) is 1. The lowest BCUT2D eigenvalue weighted by atomic mass is 10.0. The zero-order chi connectivity index (χ0) is 19.6. The molecular weight excluding hydrogens is 386 g/mol. The summed E-state index contributed by atoms with van der Waals surface area (Å²) < 4.78 is 16.2. The van der Waals surface area contributed by atoms with E-state index in [2.05, 4.69) is 36.2 Å². The van der Waals surface area contributed by atoms with Crippen LogP contribution in [0, 0.1) is 11.7 Å². The quantitative estimate of drug-likeness (QED) is 0.493. The zero-order valence-electron chi connectivity index (χ0n) is 15.4. The minimum atomic E-state index is -0.447. The fourth-order valence-corrected chi connectivity index (χ4v) is 3.68. The molecule has 0 aliphatic rings. The molecule has 1 N–H and O–H groups in total. The Morgan fingerprint density at radius 2 is 1.93 bits per heavy atom. The number of halogens is 3. The molecule has 0 amide bonds. The maximum Gasteiger partial charge on any atom is 0.157 e. The van der Waals surface area contributed by atoms with Crippen molar-refractivity contribution in [1.82, 2.24) is 14.8 Å². The van der Waals surface area contributed by atoms with E-state index in [1.807, 2.05) is 6.07 Å². The van der Waals surface area contributed by atoms with E-state index in [0.717, 1.165) is 6.42 Å². The normalized spacial score (nSPS) is 12.4. The number of hydrogen-bond donors (Lipinski definition) is 1. The first-order chi connectivity index (χ1) is 12.9. The molecule has 0 aliphatic heterocycles. The Morgan fingerprint density at radius 1 is 1.15 bits per heavy atom. The van der Waals surface area contributed by atoms with E-state index < -0.39 is 5.82 Å². The van der Waals surface area contributed by atoms with Crippen LogP contribution in [0.1, 0.15) is 27.2 Å². The van der Waals surface area contributed by atoms with Gasteiger partial charge in [0.15, 0.2) is 5.82 Å². The van der Waals surface area contributed by atoms with Crippen LogP contribution in [0.15, 0.2) is 42.7 Å². The van der Waals surface area contributed by atoms with Gasteiger partial charge in [-0.05, 0) is 37.5 Å². The molecule has 0 radical (unpaired) electrons. The first kappa shape index (κ1) is 19.6. The van der Waals surface area contributed by atoms with Gasteiger partial charge in [0.05, 0.1) is 5.02 Å². The van der Waals surface area contributed by atoms with Gasteiger partial charge in [-0.1, -0.05) is 43.1 Å². The van der Waals surface area contributed by atoms with E-state index in [9.17, 15) is 4.39 Å². The first-order valence-corrected chi connectivity index (χ1v) is 9.54. The Bertz CT molecular complexity index is 906. The summed E-state index contributed by atoms with van der Waals surface area (Å²) in [6.45, 7) is 6.39. The van der Waals surface area contributed by atoms with Crippen molar-refractivity contribution in [3.63, 3.8) is 0 Å². The van der Waals surface area contributed by atoms with E-state index in [1.165, 1.54) is 6.07 Å². The third-order valence-electron chi connectivity index (χ3n) is 4.14. The Kier molecular flexibility index (Phi) is 6.02. The van der Waals surface area contributed by atoms with E-state index in [0.29, 0.717) is 23.0 Å². The lowest BCUT2D eigenvalue weighted by molar-refractivity contribution is 0.540. The van der Waals surface area contributed by atoms with Gasteiger partial charge in [0.1, 0.15) is 11.0 Å². The molecule has 0 fully saturated rings. The van der Waals surface area contributed by atoms with Crippen LogP contribution in [0.5, 0.6) is 0 Å². The molecule has 2 heterocycles. The van der Waals surface area contributed by atoms with Gasteiger partial charge in [-0.3, -0.25) is 0 Å². The summed E-state index contributed by atoms with van der Waals surface area (Å²) in [4.78, 5) is 4.40. The van der Waals surface area contributed by atoms with Gasteiger partial charge in [-0.15, -0.1) is 0 Å².